The molecule has 6 heteroatoms. The predicted octanol–water partition coefficient (Wildman–Crippen LogP) is 4.60. The minimum absolute atomic E-state index is 0.0962. The van der Waals surface area contributed by atoms with Gasteiger partial charge in [0.1, 0.15) is 12.4 Å². The monoisotopic (exact) mass is 405 g/mol. The van der Waals surface area contributed by atoms with E-state index in [9.17, 15) is 9.59 Å². The summed E-state index contributed by atoms with van der Waals surface area (Å²) in [4.78, 5) is 30.0. The van der Waals surface area contributed by atoms with Crippen LogP contribution in [0.2, 0.25) is 0 Å². The first kappa shape index (κ1) is 21.0. The molecule has 0 unspecified atom stereocenters. The van der Waals surface area contributed by atoms with Crippen molar-refractivity contribution < 1.29 is 23.8 Å². The zero-order valence-corrected chi connectivity index (χ0v) is 17.2. The van der Waals surface area contributed by atoms with E-state index < -0.39 is 11.9 Å². The van der Waals surface area contributed by atoms with E-state index in [1.165, 1.54) is 0 Å². The van der Waals surface area contributed by atoms with Crippen LogP contribution in [0.1, 0.15) is 38.9 Å². The van der Waals surface area contributed by atoms with Crippen LogP contribution < -0.4 is 4.74 Å². The number of ether oxygens (including phenoxy) is 3. The van der Waals surface area contributed by atoms with Crippen LogP contribution in [-0.4, -0.2) is 30.6 Å². The Labute approximate surface area is 175 Å². The highest BCUT2D eigenvalue weighted by atomic mass is 16.5. The van der Waals surface area contributed by atoms with Gasteiger partial charge in [0.05, 0.1) is 36.2 Å². The molecule has 1 heterocycles. The molecule has 0 spiro atoms. The highest BCUT2D eigenvalue weighted by Crippen LogP contribution is 2.27. The predicted molar refractivity (Wildman–Crippen MR) is 112 cm³/mol. The fraction of sp³-hybridized carbons (Fsp3) is 0.208. The van der Waals surface area contributed by atoms with Crippen molar-refractivity contribution in [2.45, 2.75) is 20.5 Å². The fourth-order valence-corrected chi connectivity index (χ4v) is 3.03. The number of aryl methyl sites for hydroxylation is 1. The molecule has 0 bridgehead atoms. The second-order valence-corrected chi connectivity index (χ2v) is 6.53. The molecule has 0 atom stereocenters. The Hall–Kier alpha value is -3.67. The molecule has 3 rings (SSSR count). The average Bonchev–Trinajstić information content (AvgIpc) is 2.77. The quantitative estimate of drug-likeness (QED) is 0.535. The summed E-state index contributed by atoms with van der Waals surface area (Å²) in [5.74, 6) is -0.557. The van der Waals surface area contributed by atoms with Crippen molar-refractivity contribution in [1.29, 1.82) is 0 Å². The fourth-order valence-electron chi connectivity index (χ4n) is 3.03. The standard InChI is InChI=1S/C24H23NO5/c1-4-29-23(26)20-14-21(18-11-8-12-19(13-18)28-3)25-16(2)22(20)24(27)30-15-17-9-6-5-7-10-17/h5-14H,4,15H2,1-3H3. The third-order valence-electron chi connectivity index (χ3n) is 4.48. The molecule has 6 nitrogen and oxygen atoms in total. The highest BCUT2D eigenvalue weighted by Gasteiger charge is 2.24. The van der Waals surface area contributed by atoms with Gasteiger partial charge in [0, 0.05) is 5.56 Å². The van der Waals surface area contributed by atoms with Gasteiger partial charge in [-0.2, -0.15) is 0 Å². The van der Waals surface area contributed by atoms with Gasteiger partial charge in [0.15, 0.2) is 0 Å². The molecular weight excluding hydrogens is 382 g/mol. The molecule has 2 aromatic carbocycles. The van der Waals surface area contributed by atoms with E-state index in [1.807, 2.05) is 54.6 Å². The van der Waals surface area contributed by atoms with Crippen LogP contribution in [0.15, 0.2) is 60.7 Å². The Morgan fingerprint density at radius 2 is 1.70 bits per heavy atom. The largest absolute Gasteiger partial charge is 0.497 e. The summed E-state index contributed by atoms with van der Waals surface area (Å²) in [5.41, 5.74) is 2.76. The van der Waals surface area contributed by atoms with E-state index >= 15 is 0 Å². The van der Waals surface area contributed by atoms with Crippen molar-refractivity contribution in [1.82, 2.24) is 4.98 Å². The van der Waals surface area contributed by atoms with E-state index in [-0.39, 0.29) is 24.3 Å². The number of carbonyl (C=O) groups excluding carboxylic acids is 2. The van der Waals surface area contributed by atoms with Gasteiger partial charge in [0.25, 0.3) is 0 Å². The first-order valence-electron chi connectivity index (χ1n) is 9.57. The van der Waals surface area contributed by atoms with Crippen molar-refractivity contribution in [3.05, 3.63) is 83.0 Å². The molecule has 0 amide bonds. The van der Waals surface area contributed by atoms with Gasteiger partial charge in [0.2, 0.25) is 0 Å². The van der Waals surface area contributed by atoms with Crippen LogP contribution >= 0.6 is 0 Å². The Bertz CT molecular complexity index is 1050. The molecule has 0 aliphatic heterocycles. The topological polar surface area (TPSA) is 74.7 Å². The second-order valence-electron chi connectivity index (χ2n) is 6.53. The van der Waals surface area contributed by atoms with Crippen molar-refractivity contribution in [3.63, 3.8) is 0 Å². The molecule has 0 saturated carbocycles. The number of aromatic nitrogens is 1. The van der Waals surface area contributed by atoms with Crippen molar-refractivity contribution in [2.75, 3.05) is 13.7 Å². The lowest BCUT2D eigenvalue weighted by Crippen LogP contribution is -2.17. The summed E-state index contributed by atoms with van der Waals surface area (Å²) >= 11 is 0. The minimum Gasteiger partial charge on any atom is -0.497 e. The Kier molecular flexibility index (Phi) is 6.80. The summed E-state index contributed by atoms with van der Waals surface area (Å²) in [6, 6.07) is 18.2. The molecule has 154 valence electrons. The molecule has 1 aromatic heterocycles. The van der Waals surface area contributed by atoms with Crippen LogP contribution in [0.25, 0.3) is 11.3 Å². The molecule has 0 radical (unpaired) electrons. The number of benzene rings is 2. The van der Waals surface area contributed by atoms with Gasteiger partial charge in [-0.05, 0) is 37.6 Å². The number of carbonyl (C=O) groups is 2. The molecule has 0 fully saturated rings. The smallest absolute Gasteiger partial charge is 0.341 e. The lowest BCUT2D eigenvalue weighted by atomic mass is 10.0. The van der Waals surface area contributed by atoms with Crippen LogP contribution in [0.4, 0.5) is 0 Å². The minimum atomic E-state index is -0.621. The van der Waals surface area contributed by atoms with Crippen LogP contribution in [0.5, 0.6) is 5.75 Å². The van der Waals surface area contributed by atoms with E-state index in [0.29, 0.717) is 17.1 Å². The van der Waals surface area contributed by atoms with Crippen molar-refractivity contribution in [3.8, 4) is 17.0 Å². The lowest BCUT2D eigenvalue weighted by Gasteiger charge is -2.14. The number of methoxy groups -OCH3 is 1. The Morgan fingerprint density at radius 3 is 2.40 bits per heavy atom. The maximum Gasteiger partial charge on any atom is 0.341 e. The SMILES string of the molecule is CCOC(=O)c1cc(-c2cccc(OC)c2)nc(C)c1C(=O)OCc1ccccc1. The summed E-state index contributed by atoms with van der Waals surface area (Å²) in [6.07, 6.45) is 0. The van der Waals surface area contributed by atoms with Crippen LogP contribution in [0.3, 0.4) is 0 Å². The van der Waals surface area contributed by atoms with Gasteiger partial charge in [-0.3, -0.25) is 4.98 Å². The van der Waals surface area contributed by atoms with E-state index in [2.05, 4.69) is 4.98 Å². The second kappa shape index (κ2) is 9.69. The summed E-state index contributed by atoms with van der Waals surface area (Å²) in [6.45, 7) is 3.67. The summed E-state index contributed by atoms with van der Waals surface area (Å²) in [5, 5.41) is 0. The molecule has 0 aliphatic rings. The lowest BCUT2D eigenvalue weighted by molar-refractivity contribution is 0.0443. The summed E-state index contributed by atoms with van der Waals surface area (Å²) in [7, 11) is 1.58. The third kappa shape index (κ3) is 4.84. The molecule has 30 heavy (non-hydrogen) atoms. The molecule has 0 aliphatic carbocycles. The van der Waals surface area contributed by atoms with Crippen LogP contribution in [-0.2, 0) is 16.1 Å². The van der Waals surface area contributed by atoms with Gasteiger partial charge in [-0.25, -0.2) is 9.59 Å². The molecular formula is C24H23NO5. The number of nitrogens with zero attached hydrogens (tertiary/aromatic N) is 1. The van der Waals surface area contributed by atoms with Gasteiger partial charge >= 0.3 is 11.9 Å². The Balaban J connectivity index is 1.99. The zero-order chi connectivity index (χ0) is 21.5. The average molecular weight is 405 g/mol. The van der Waals surface area contributed by atoms with E-state index in [4.69, 9.17) is 14.2 Å². The Morgan fingerprint density at radius 1 is 0.933 bits per heavy atom. The van der Waals surface area contributed by atoms with E-state index in [1.54, 1.807) is 27.0 Å². The number of rotatable bonds is 7. The van der Waals surface area contributed by atoms with Gasteiger partial charge in [-0.1, -0.05) is 42.5 Å². The molecule has 3 aromatic rings. The number of pyridine rings is 1. The van der Waals surface area contributed by atoms with Crippen LogP contribution in [0, 0.1) is 6.92 Å². The third-order valence-corrected chi connectivity index (χ3v) is 4.48. The van der Waals surface area contributed by atoms with Gasteiger partial charge in [-0.15, -0.1) is 0 Å². The normalized spacial score (nSPS) is 10.4. The zero-order valence-electron chi connectivity index (χ0n) is 17.2. The first-order valence-corrected chi connectivity index (χ1v) is 9.57. The maximum atomic E-state index is 12.8. The van der Waals surface area contributed by atoms with Crippen molar-refractivity contribution >= 4 is 11.9 Å². The van der Waals surface area contributed by atoms with Gasteiger partial charge < -0.3 is 14.2 Å². The summed E-state index contributed by atoms with van der Waals surface area (Å²) < 4.78 is 15.9. The first-order chi connectivity index (χ1) is 14.5. The van der Waals surface area contributed by atoms with E-state index in [0.717, 1.165) is 11.1 Å². The molecule has 0 saturated heterocycles. The van der Waals surface area contributed by atoms with Crippen molar-refractivity contribution in [2.24, 2.45) is 0 Å². The highest BCUT2D eigenvalue weighted by molar-refractivity contribution is 6.04. The number of hydrogen-bond acceptors (Lipinski definition) is 6. The maximum absolute atomic E-state index is 12.8. The molecule has 0 N–H and O–H groups in total. The number of hydrogen-bond donors (Lipinski definition) is 0. The number of esters is 2.